The molecule has 0 aromatic heterocycles. The molecule has 0 amide bonds. The zero-order valence-electron chi connectivity index (χ0n) is 13.4. The number of hydrogen-bond acceptors (Lipinski definition) is 2. The van der Waals surface area contributed by atoms with E-state index in [1.54, 1.807) is 0 Å². The molecule has 1 aromatic rings. The van der Waals surface area contributed by atoms with Crippen LogP contribution < -0.4 is 10.2 Å². The van der Waals surface area contributed by atoms with Gasteiger partial charge >= 0.3 is 0 Å². The number of thiocarbonyl (C=S) groups is 1. The average Bonchev–Trinajstić information content (AvgIpc) is 3.18. The van der Waals surface area contributed by atoms with Gasteiger partial charge in [0, 0.05) is 42.9 Å². The molecule has 5 heteroatoms. The van der Waals surface area contributed by atoms with Gasteiger partial charge in [-0.2, -0.15) is 0 Å². The summed E-state index contributed by atoms with van der Waals surface area (Å²) in [7, 11) is 0. The lowest BCUT2D eigenvalue weighted by Gasteiger charge is -2.38. The molecule has 2 bridgehead atoms. The number of rotatable bonds is 2. The third-order valence-electron chi connectivity index (χ3n) is 5.79. The Morgan fingerprint density at radius 2 is 1.96 bits per heavy atom. The summed E-state index contributed by atoms with van der Waals surface area (Å²) in [4.78, 5) is 4.73. The molecule has 2 aliphatic carbocycles. The minimum atomic E-state index is 0.632. The van der Waals surface area contributed by atoms with Crippen molar-refractivity contribution in [2.24, 2.45) is 11.8 Å². The first-order valence-corrected chi connectivity index (χ1v) is 9.53. The number of benzene rings is 1. The third kappa shape index (κ3) is 3.29. The summed E-state index contributed by atoms with van der Waals surface area (Å²) in [5.41, 5.74) is 1.21. The number of hydrogen-bond donors (Lipinski definition) is 1. The summed E-state index contributed by atoms with van der Waals surface area (Å²) in [6, 6.07) is 8.75. The Hall–Kier alpha value is -1.00. The van der Waals surface area contributed by atoms with E-state index >= 15 is 0 Å². The second-order valence-electron chi connectivity index (χ2n) is 7.18. The van der Waals surface area contributed by atoms with E-state index in [9.17, 15) is 0 Å². The molecule has 3 atom stereocenters. The highest BCUT2D eigenvalue weighted by atomic mass is 35.5. The van der Waals surface area contributed by atoms with Gasteiger partial charge < -0.3 is 15.1 Å². The number of nitrogens with zero attached hydrogens (tertiary/aromatic N) is 2. The van der Waals surface area contributed by atoms with Crippen LogP contribution in [-0.2, 0) is 0 Å². The molecule has 124 valence electrons. The van der Waals surface area contributed by atoms with Crippen LogP contribution in [0.1, 0.15) is 25.7 Å². The van der Waals surface area contributed by atoms with Crippen molar-refractivity contribution in [1.29, 1.82) is 0 Å². The lowest BCUT2D eigenvalue weighted by Crippen LogP contribution is -2.54. The van der Waals surface area contributed by atoms with Crippen LogP contribution in [0.2, 0.25) is 5.02 Å². The first kappa shape index (κ1) is 15.5. The van der Waals surface area contributed by atoms with E-state index in [-0.39, 0.29) is 0 Å². The largest absolute Gasteiger partial charge is 0.368 e. The SMILES string of the molecule is S=C(N[C@H]1C[C@@H]2CC[C@@H]1C2)N1CCN(c2cccc(Cl)c2)CC1. The fourth-order valence-corrected chi connectivity index (χ4v) is 5.03. The van der Waals surface area contributed by atoms with E-state index in [2.05, 4.69) is 21.2 Å². The highest BCUT2D eigenvalue weighted by Gasteiger charge is 2.40. The average molecular weight is 350 g/mol. The van der Waals surface area contributed by atoms with Crippen LogP contribution in [0.3, 0.4) is 0 Å². The quantitative estimate of drug-likeness (QED) is 0.823. The molecular formula is C18H24ClN3S. The van der Waals surface area contributed by atoms with E-state index in [4.69, 9.17) is 23.8 Å². The van der Waals surface area contributed by atoms with Gasteiger partial charge in [0.05, 0.1) is 0 Å². The molecular weight excluding hydrogens is 326 g/mol. The molecule has 3 aliphatic rings. The van der Waals surface area contributed by atoms with Crippen molar-refractivity contribution in [2.45, 2.75) is 31.7 Å². The first-order chi connectivity index (χ1) is 11.2. The normalized spacial score (nSPS) is 29.9. The van der Waals surface area contributed by atoms with Gasteiger partial charge in [-0.3, -0.25) is 0 Å². The van der Waals surface area contributed by atoms with Gasteiger partial charge in [-0.25, -0.2) is 0 Å². The standard InChI is InChI=1S/C18H24ClN3S/c19-15-2-1-3-16(12-15)21-6-8-22(9-7-21)18(23)20-17-11-13-4-5-14(17)10-13/h1-3,12-14,17H,4-11H2,(H,20,23)/t13-,14-,17+/m1/s1. The molecule has 1 saturated heterocycles. The van der Waals surface area contributed by atoms with Gasteiger partial charge in [-0.15, -0.1) is 0 Å². The Morgan fingerprint density at radius 1 is 1.13 bits per heavy atom. The highest BCUT2D eigenvalue weighted by Crippen LogP contribution is 2.44. The Kier molecular flexibility index (Phi) is 4.37. The van der Waals surface area contributed by atoms with Crippen molar-refractivity contribution in [3.8, 4) is 0 Å². The molecule has 0 spiro atoms. The summed E-state index contributed by atoms with van der Waals surface area (Å²) in [5.74, 6) is 1.82. The van der Waals surface area contributed by atoms with Crippen molar-refractivity contribution in [1.82, 2.24) is 10.2 Å². The van der Waals surface area contributed by atoms with Crippen LogP contribution in [0.5, 0.6) is 0 Å². The number of piperazine rings is 1. The molecule has 0 radical (unpaired) electrons. The summed E-state index contributed by atoms with van der Waals surface area (Å²) in [5, 5.41) is 5.43. The van der Waals surface area contributed by atoms with Crippen LogP contribution in [-0.4, -0.2) is 42.2 Å². The molecule has 3 fully saturated rings. The molecule has 23 heavy (non-hydrogen) atoms. The second-order valence-corrected chi connectivity index (χ2v) is 8.01. The summed E-state index contributed by atoms with van der Waals surface area (Å²) in [6.07, 6.45) is 5.58. The topological polar surface area (TPSA) is 18.5 Å². The predicted octanol–water partition coefficient (Wildman–Crippen LogP) is 3.53. The molecule has 3 nitrogen and oxygen atoms in total. The van der Waals surface area contributed by atoms with E-state index in [1.165, 1.54) is 31.4 Å². The van der Waals surface area contributed by atoms with Crippen LogP contribution in [0, 0.1) is 11.8 Å². The molecule has 1 aromatic carbocycles. The van der Waals surface area contributed by atoms with Gasteiger partial charge in [-0.05, 0) is 61.5 Å². The second kappa shape index (κ2) is 6.48. The Labute approximate surface area is 149 Å². The van der Waals surface area contributed by atoms with Crippen molar-refractivity contribution in [2.75, 3.05) is 31.1 Å². The predicted molar refractivity (Wildman–Crippen MR) is 100 cm³/mol. The van der Waals surface area contributed by atoms with E-state index in [0.717, 1.165) is 48.1 Å². The summed E-state index contributed by atoms with van der Waals surface area (Å²) < 4.78 is 0. The third-order valence-corrected chi connectivity index (χ3v) is 6.40. The molecule has 4 rings (SSSR count). The monoisotopic (exact) mass is 349 g/mol. The Bertz CT molecular complexity index is 585. The fraction of sp³-hybridized carbons (Fsp3) is 0.611. The first-order valence-electron chi connectivity index (χ1n) is 8.75. The van der Waals surface area contributed by atoms with Crippen LogP contribution in [0.4, 0.5) is 5.69 Å². The van der Waals surface area contributed by atoms with Gasteiger partial charge in [0.25, 0.3) is 0 Å². The van der Waals surface area contributed by atoms with Crippen molar-refractivity contribution in [3.05, 3.63) is 29.3 Å². The van der Waals surface area contributed by atoms with E-state index < -0.39 is 0 Å². The van der Waals surface area contributed by atoms with Gasteiger partial charge in [0.2, 0.25) is 0 Å². The van der Waals surface area contributed by atoms with Crippen LogP contribution in [0.25, 0.3) is 0 Å². The molecule has 2 saturated carbocycles. The van der Waals surface area contributed by atoms with Crippen LogP contribution >= 0.6 is 23.8 Å². The van der Waals surface area contributed by atoms with Crippen molar-refractivity contribution >= 4 is 34.6 Å². The zero-order chi connectivity index (χ0) is 15.8. The molecule has 1 heterocycles. The highest BCUT2D eigenvalue weighted by molar-refractivity contribution is 7.80. The number of anilines is 1. The van der Waals surface area contributed by atoms with E-state index in [0.29, 0.717) is 6.04 Å². The van der Waals surface area contributed by atoms with Crippen molar-refractivity contribution < 1.29 is 0 Å². The van der Waals surface area contributed by atoms with Gasteiger partial charge in [-0.1, -0.05) is 24.1 Å². The summed E-state index contributed by atoms with van der Waals surface area (Å²) >= 11 is 11.8. The lowest BCUT2D eigenvalue weighted by molar-refractivity contribution is 0.345. The Balaban J connectivity index is 1.30. The van der Waals surface area contributed by atoms with Gasteiger partial charge in [0.1, 0.15) is 0 Å². The zero-order valence-corrected chi connectivity index (χ0v) is 15.0. The smallest absolute Gasteiger partial charge is 0.169 e. The maximum atomic E-state index is 6.10. The molecule has 1 N–H and O–H groups in total. The maximum Gasteiger partial charge on any atom is 0.169 e. The summed E-state index contributed by atoms with van der Waals surface area (Å²) in [6.45, 7) is 3.97. The van der Waals surface area contributed by atoms with E-state index in [1.807, 2.05) is 18.2 Å². The van der Waals surface area contributed by atoms with Gasteiger partial charge in [0.15, 0.2) is 5.11 Å². The lowest BCUT2D eigenvalue weighted by atomic mass is 9.95. The Morgan fingerprint density at radius 3 is 2.61 bits per heavy atom. The number of nitrogens with one attached hydrogen (secondary N) is 1. The minimum Gasteiger partial charge on any atom is -0.368 e. The number of halogens is 1. The minimum absolute atomic E-state index is 0.632. The molecule has 0 unspecified atom stereocenters. The van der Waals surface area contributed by atoms with Crippen LogP contribution in [0.15, 0.2) is 24.3 Å². The molecule has 1 aliphatic heterocycles. The van der Waals surface area contributed by atoms with Crippen molar-refractivity contribution in [3.63, 3.8) is 0 Å². The number of fused-ring (bicyclic) bond motifs is 2. The fourth-order valence-electron chi connectivity index (χ4n) is 4.51. The maximum absolute atomic E-state index is 6.10.